The van der Waals surface area contributed by atoms with Crippen LogP contribution in [-0.2, 0) is 130 Å². The molecule has 0 aromatic heterocycles. The number of carboxylic acid groups (broad SMARTS) is 1. The Balaban J connectivity index is 0.000000302. The summed E-state index contributed by atoms with van der Waals surface area (Å²) in [6.07, 6.45) is 6.85. The average molecular weight is 1670 g/mol. The van der Waals surface area contributed by atoms with E-state index in [4.69, 9.17) is 48.6 Å². The minimum absolute atomic E-state index is 0.0300. The largest absolute Gasteiger partial charge is 0.480 e. The predicted octanol–water partition coefficient (Wildman–Crippen LogP) is 3.37. The molecule has 0 spiro atoms. The van der Waals surface area contributed by atoms with Crippen LogP contribution in [0.25, 0.3) is 0 Å². The molecule has 0 saturated carbocycles. The Labute approximate surface area is 693 Å². The number of piperidine rings is 5. The maximum absolute atomic E-state index is 13.0. The summed E-state index contributed by atoms with van der Waals surface area (Å²) >= 11 is 0. The lowest BCUT2D eigenvalue weighted by Gasteiger charge is -2.39. The van der Waals surface area contributed by atoms with Crippen molar-refractivity contribution in [3.05, 3.63) is 108 Å². The first-order valence-electron chi connectivity index (χ1n) is 39.5. The van der Waals surface area contributed by atoms with E-state index in [1.807, 2.05) is 99.8 Å². The molecule has 10 rings (SSSR count). The summed E-state index contributed by atoms with van der Waals surface area (Å²) in [7, 11) is 13.4. The van der Waals surface area contributed by atoms with Crippen molar-refractivity contribution < 1.29 is 125 Å². The molecule has 8 amide bonds. The molecule has 119 heavy (non-hydrogen) atoms. The second kappa shape index (κ2) is 53.1. The number of ether oxygens (including phenoxy) is 8. The number of carbonyl (C=O) groups excluding carboxylic acids is 16. The fraction of sp³-hybridized carbons (Fsp3) is 0.585. The molecule has 37 nitrogen and oxygen atoms in total. The molecule has 7 aliphatic rings. The Kier molecular flexibility index (Phi) is 44.6. The van der Waals surface area contributed by atoms with Crippen LogP contribution in [0.4, 0.5) is 9.59 Å². The lowest BCUT2D eigenvalue weighted by atomic mass is 9.88. The summed E-state index contributed by atoms with van der Waals surface area (Å²) in [5.41, 5.74) is 2.68. The molecule has 7 heterocycles. The van der Waals surface area contributed by atoms with E-state index in [0.29, 0.717) is 117 Å². The smallest absolute Gasteiger partial charge is 0.410 e. The van der Waals surface area contributed by atoms with Crippen LogP contribution in [0.1, 0.15) is 120 Å². The van der Waals surface area contributed by atoms with Gasteiger partial charge in [-0.1, -0.05) is 97.9 Å². The Hall–Kier alpha value is -11.4. The number of rotatable bonds is 20. The molecule has 5 N–H and O–H groups in total. The van der Waals surface area contributed by atoms with E-state index >= 15 is 0 Å². The van der Waals surface area contributed by atoms with E-state index in [0.717, 1.165) is 52.4 Å². The average Bonchev–Trinajstić information content (AvgIpc) is 1.75. The minimum atomic E-state index is -1.26. The lowest BCUT2D eigenvalue weighted by Crippen LogP contribution is -2.58. The molecular weight excluding hydrogens is 1550 g/mol. The fourth-order valence-electron chi connectivity index (χ4n) is 14.4. The van der Waals surface area contributed by atoms with E-state index in [2.05, 4.69) is 15.4 Å². The van der Waals surface area contributed by atoms with Gasteiger partial charge in [-0.2, -0.15) is 9.59 Å². The number of hydrogen-bond acceptors (Lipinski definition) is 28. The normalized spacial score (nSPS) is 21.6. The van der Waals surface area contributed by atoms with Gasteiger partial charge in [-0.3, -0.25) is 72.3 Å². The van der Waals surface area contributed by atoms with Gasteiger partial charge in [0.15, 0.2) is 0 Å². The van der Waals surface area contributed by atoms with E-state index in [9.17, 15) is 77.0 Å². The molecule has 37 heteroatoms. The first-order valence-corrected chi connectivity index (χ1v) is 39.5. The Morgan fingerprint density at radius 3 is 1.33 bits per heavy atom. The molecule has 0 bridgehead atoms. The molecular formula is C82H117N11O26. The van der Waals surface area contributed by atoms with Crippen molar-refractivity contribution in [2.24, 2.45) is 35.4 Å². The monoisotopic (exact) mass is 1670 g/mol. The molecule has 656 valence electrons. The van der Waals surface area contributed by atoms with Crippen LogP contribution in [0.2, 0.25) is 0 Å². The van der Waals surface area contributed by atoms with Crippen LogP contribution in [0, 0.1) is 29.6 Å². The number of hydrogen-bond donors (Lipinski definition) is 4. The highest BCUT2D eigenvalue weighted by molar-refractivity contribution is 5.96. The van der Waals surface area contributed by atoms with Gasteiger partial charge in [0.2, 0.25) is 29.5 Å². The molecule has 7 aliphatic heterocycles. The number of carboxylic acids is 1. The molecule has 0 aliphatic carbocycles. The van der Waals surface area contributed by atoms with E-state index in [1.54, 1.807) is 48.0 Å². The number of likely N-dealkylation sites (N-methyl/N-ethyl adjacent to an activating group) is 3. The predicted molar refractivity (Wildman–Crippen MR) is 422 cm³/mol. The summed E-state index contributed by atoms with van der Waals surface area (Å²) < 4.78 is 39.4. The molecule has 10 atom stereocenters. The summed E-state index contributed by atoms with van der Waals surface area (Å²) in [6.45, 7) is 9.30. The van der Waals surface area contributed by atoms with Crippen molar-refractivity contribution >= 4 is 95.6 Å². The number of fused-ring (bicyclic) bond motifs is 2. The van der Waals surface area contributed by atoms with E-state index in [1.165, 1.54) is 50.2 Å². The topological polar surface area (TPSA) is 460 Å². The molecule has 7 fully saturated rings. The number of carbonyl (C=O) groups is 15. The number of hydrazine groups is 1. The van der Waals surface area contributed by atoms with Gasteiger partial charge in [0.1, 0.15) is 50.0 Å². The van der Waals surface area contributed by atoms with Crippen molar-refractivity contribution in [1.82, 2.24) is 49.9 Å². The summed E-state index contributed by atoms with van der Waals surface area (Å²) in [5, 5.41) is 16.4. The van der Waals surface area contributed by atoms with Crippen LogP contribution in [0.3, 0.4) is 0 Å². The van der Waals surface area contributed by atoms with E-state index < -0.39 is 95.9 Å². The zero-order valence-electron chi connectivity index (χ0n) is 69.8. The van der Waals surface area contributed by atoms with Gasteiger partial charge >= 0.3 is 60.1 Å². The number of nitrogens with two attached hydrogens (primary N) is 1. The van der Waals surface area contributed by atoms with Gasteiger partial charge in [0.05, 0.1) is 71.6 Å². The Morgan fingerprint density at radius 1 is 0.513 bits per heavy atom. The van der Waals surface area contributed by atoms with Gasteiger partial charge in [0, 0.05) is 92.9 Å². The van der Waals surface area contributed by atoms with Crippen LogP contribution in [0.15, 0.2) is 91.0 Å². The second-order valence-corrected chi connectivity index (χ2v) is 28.5. The number of methoxy groups -OCH3 is 5. The number of benzene rings is 3. The summed E-state index contributed by atoms with van der Waals surface area (Å²) in [5.74, 6) is -2.10. The number of aliphatic carboxylic acids is 1. The number of nitrogens with zero attached hydrogens (tertiary/aromatic N) is 8. The Bertz CT molecular complexity index is 3770. The standard InChI is InChI=1S/C20H28N2O5.C16H19NO6.C12H18N2O4.C11H17N3O4.C11H20N2O3.C11H15NO2.CO2/c1-4-12-21(2)18(23)17-16(19(24)26-3)11-8-13-22(17)20(25)27-14-15-9-6-5-7-10-15;1-22-15(20)12-8-5-9-17(13(12)14(18)19)16(21)23-10-11-6-3-2-4-7-11;1-13-7-5-9(15)14-6-3-4-8(12(17)18-2)10(14)11(13)16;1-18-11(17)7-3-2-5-13-8(15)4-6-14(12)10(16)9(7)13;1-4-13(2)10(14)9-8(11(15)16-3)6-5-7-12-9;1-12-8-7-11(13)14-9-10-5-3-2-4-6-10;2-1-3/h5-7,9-10,16-17H,4,8,11-14H2,1-3H3;2-4,6-7,12-13H,5,8-10H2,1H3,(H,18,19);8,10H,3-7H2,1-2H3;7,9H,2-6,12H2,1H3;8-9,12H,4-7H2,1-3H3;2-6,12H,7-9H2,1H3;/t16-,17+;12-,13+;8-,10+;7-,9+;8-,9+;;/m11111../s1. The number of amides is 8. The SMILES string of the molecule is CCCN(C)C(=O)[C@@H]1[C@H](C(=O)OC)CCCN1C(=O)OCc1ccccc1.CCN(C)C(=O)[C@H]1NCCC[C@H]1C(=O)OC.CNCCC(=O)OCc1ccccc1.COC(=O)[C@@H]1CCCN(C(=O)OCc2ccccc2)[C@@H]1C(=O)O.COC(=O)[C@@H]1CCCN2C(=O)CCN(C)C(=O)[C@H]12.COC(=O)[C@@H]1CCCN2C(=O)CCN(N)C(=O)[C@H]12.O=C=O. The van der Waals surface area contributed by atoms with Crippen LogP contribution >= 0.6 is 0 Å². The molecule has 0 radical (unpaired) electrons. The fourth-order valence-corrected chi connectivity index (χ4v) is 14.4. The van der Waals surface area contributed by atoms with E-state index in [-0.39, 0.29) is 92.2 Å². The highest BCUT2D eigenvalue weighted by Crippen LogP contribution is 2.33. The lowest BCUT2D eigenvalue weighted by molar-refractivity contribution is -0.192. The summed E-state index contributed by atoms with van der Waals surface area (Å²) in [6, 6.07) is 24.0. The molecule has 3 aromatic rings. The highest BCUT2D eigenvalue weighted by Gasteiger charge is 2.50. The third kappa shape index (κ3) is 30.5. The van der Waals surface area contributed by atoms with Gasteiger partial charge in [-0.25, -0.2) is 20.2 Å². The quantitative estimate of drug-likeness (QED) is 0.0545. The van der Waals surface area contributed by atoms with Crippen molar-refractivity contribution in [1.29, 1.82) is 0 Å². The number of nitrogens with one attached hydrogen (secondary N) is 2. The maximum Gasteiger partial charge on any atom is 0.410 e. The number of likely N-dealkylation sites (tertiary alicyclic amines) is 2. The third-order valence-corrected chi connectivity index (χ3v) is 20.8. The second-order valence-electron chi connectivity index (χ2n) is 28.5. The minimum Gasteiger partial charge on any atom is -0.480 e. The van der Waals surface area contributed by atoms with Crippen LogP contribution in [0.5, 0.6) is 0 Å². The third-order valence-electron chi connectivity index (χ3n) is 20.8. The first-order chi connectivity index (χ1) is 57.0. The van der Waals surface area contributed by atoms with Gasteiger partial charge in [0.25, 0.3) is 5.91 Å². The summed E-state index contributed by atoms with van der Waals surface area (Å²) in [4.78, 5) is 206. The molecule has 0 unspecified atom stereocenters. The van der Waals surface area contributed by atoms with Gasteiger partial charge in [-0.15, -0.1) is 0 Å². The maximum atomic E-state index is 13.0. The van der Waals surface area contributed by atoms with Crippen molar-refractivity contribution in [3.63, 3.8) is 0 Å². The Morgan fingerprint density at radius 2 is 0.899 bits per heavy atom. The van der Waals surface area contributed by atoms with Crippen LogP contribution in [-0.4, -0.2) is 299 Å². The first kappa shape index (κ1) is 99.9. The molecule has 3 aromatic carbocycles. The zero-order chi connectivity index (χ0) is 88.3. The van der Waals surface area contributed by atoms with Gasteiger partial charge in [-0.05, 0) is 108 Å². The van der Waals surface area contributed by atoms with Crippen LogP contribution < -0.4 is 16.5 Å². The van der Waals surface area contributed by atoms with Gasteiger partial charge < -0.3 is 78.1 Å². The number of esters is 6. The molecule has 7 saturated heterocycles. The van der Waals surface area contributed by atoms with Crippen molar-refractivity contribution in [3.8, 4) is 0 Å². The van der Waals surface area contributed by atoms with Crippen molar-refractivity contribution in [2.45, 2.75) is 154 Å². The van der Waals surface area contributed by atoms with Crippen molar-refractivity contribution in [2.75, 3.05) is 129 Å². The highest BCUT2D eigenvalue weighted by atomic mass is 16.6. The zero-order valence-corrected chi connectivity index (χ0v) is 69.8.